The summed E-state index contributed by atoms with van der Waals surface area (Å²) in [7, 11) is 0. The van der Waals surface area contributed by atoms with Crippen molar-refractivity contribution in [2.75, 3.05) is 0 Å². The second-order valence-electron chi connectivity index (χ2n) is 3.82. The average Bonchev–Trinajstić information content (AvgIpc) is 2.03. The zero-order valence-corrected chi connectivity index (χ0v) is 8.41. The Bertz CT molecular complexity index is 312. The molecule has 0 fully saturated rings. The summed E-state index contributed by atoms with van der Waals surface area (Å²) in [5, 5.41) is 17.8. The summed E-state index contributed by atoms with van der Waals surface area (Å²) >= 11 is 5.79. The number of carboxylic acids is 2. The smallest absolute Gasteiger partial charge is 0.328 e. The van der Waals surface area contributed by atoms with Crippen molar-refractivity contribution in [1.29, 1.82) is 0 Å². The Morgan fingerprint density at radius 2 is 1.93 bits per heavy atom. The second kappa shape index (κ2) is 3.28. The molecule has 14 heavy (non-hydrogen) atoms. The normalized spacial score (nSPS) is 36.7. The van der Waals surface area contributed by atoms with Gasteiger partial charge in [0.1, 0.15) is 0 Å². The van der Waals surface area contributed by atoms with E-state index in [1.165, 1.54) is 19.1 Å². The summed E-state index contributed by atoms with van der Waals surface area (Å²) in [5.41, 5.74) is -1.09. The number of alkyl halides is 1. The molecule has 2 N–H and O–H groups in total. The SMILES string of the molecule is CC1(C(=O)O)CC=CC(Cl)(C(=O)O)C1. The van der Waals surface area contributed by atoms with Gasteiger partial charge in [-0.1, -0.05) is 12.2 Å². The van der Waals surface area contributed by atoms with Crippen LogP contribution in [0.25, 0.3) is 0 Å². The van der Waals surface area contributed by atoms with Crippen molar-refractivity contribution in [2.24, 2.45) is 5.41 Å². The number of carbonyl (C=O) groups is 2. The number of allylic oxidation sites excluding steroid dienone is 1. The highest BCUT2D eigenvalue weighted by atomic mass is 35.5. The summed E-state index contributed by atoms with van der Waals surface area (Å²) in [6, 6.07) is 0. The lowest BCUT2D eigenvalue weighted by molar-refractivity contribution is -0.150. The Hall–Kier alpha value is -1.03. The minimum Gasteiger partial charge on any atom is -0.481 e. The molecule has 0 aliphatic heterocycles. The van der Waals surface area contributed by atoms with Gasteiger partial charge in [-0.3, -0.25) is 4.79 Å². The summed E-state index contributed by atoms with van der Waals surface area (Å²) in [6.45, 7) is 1.50. The first kappa shape index (κ1) is 11.0. The quantitative estimate of drug-likeness (QED) is 0.544. The third-order valence-electron chi connectivity index (χ3n) is 2.47. The van der Waals surface area contributed by atoms with Crippen molar-refractivity contribution in [3.63, 3.8) is 0 Å². The maximum absolute atomic E-state index is 10.9. The predicted octanol–water partition coefficient (Wildman–Crippen LogP) is 1.49. The minimum absolute atomic E-state index is 0.0945. The van der Waals surface area contributed by atoms with E-state index >= 15 is 0 Å². The van der Waals surface area contributed by atoms with Crippen molar-refractivity contribution in [1.82, 2.24) is 0 Å². The van der Waals surface area contributed by atoms with Crippen molar-refractivity contribution in [3.05, 3.63) is 12.2 Å². The molecule has 0 spiro atoms. The number of rotatable bonds is 2. The zero-order chi connectivity index (χ0) is 11.0. The number of hydrogen-bond acceptors (Lipinski definition) is 2. The second-order valence-corrected chi connectivity index (χ2v) is 4.49. The lowest BCUT2D eigenvalue weighted by Gasteiger charge is -2.33. The van der Waals surface area contributed by atoms with Gasteiger partial charge < -0.3 is 10.2 Å². The van der Waals surface area contributed by atoms with Gasteiger partial charge in [0.2, 0.25) is 0 Å². The fourth-order valence-electron chi connectivity index (χ4n) is 1.51. The maximum atomic E-state index is 10.9. The van der Waals surface area contributed by atoms with Gasteiger partial charge in [0.15, 0.2) is 4.87 Å². The highest BCUT2D eigenvalue weighted by molar-refractivity contribution is 6.35. The van der Waals surface area contributed by atoms with Crippen LogP contribution in [0.1, 0.15) is 19.8 Å². The van der Waals surface area contributed by atoms with Crippen molar-refractivity contribution < 1.29 is 19.8 Å². The fraction of sp³-hybridized carbons (Fsp3) is 0.556. The monoisotopic (exact) mass is 218 g/mol. The first-order valence-corrected chi connectivity index (χ1v) is 4.51. The lowest BCUT2D eigenvalue weighted by atomic mass is 9.74. The third kappa shape index (κ3) is 1.75. The summed E-state index contributed by atoms with van der Waals surface area (Å²) in [6.07, 6.45) is 3.08. The number of halogens is 1. The first-order valence-electron chi connectivity index (χ1n) is 4.14. The molecule has 2 atom stereocenters. The van der Waals surface area contributed by atoms with E-state index in [0.29, 0.717) is 6.42 Å². The van der Waals surface area contributed by atoms with E-state index in [-0.39, 0.29) is 6.42 Å². The molecule has 1 aliphatic rings. The molecule has 0 amide bonds. The Kier molecular flexibility index (Phi) is 2.58. The molecule has 0 aromatic carbocycles. The van der Waals surface area contributed by atoms with Crippen molar-refractivity contribution in [2.45, 2.75) is 24.6 Å². The Morgan fingerprint density at radius 1 is 1.36 bits per heavy atom. The minimum atomic E-state index is -1.58. The van der Waals surface area contributed by atoms with E-state index in [0.717, 1.165) is 0 Å². The zero-order valence-electron chi connectivity index (χ0n) is 7.66. The molecule has 2 unspecified atom stereocenters. The van der Waals surface area contributed by atoms with Gasteiger partial charge in [-0.05, 0) is 19.8 Å². The largest absolute Gasteiger partial charge is 0.481 e. The van der Waals surface area contributed by atoms with Gasteiger partial charge in [-0.15, -0.1) is 11.6 Å². The van der Waals surface area contributed by atoms with Crippen molar-refractivity contribution >= 4 is 23.5 Å². The van der Waals surface area contributed by atoms with Crippen molar-refractivity contribution in [3.8, 4) is 0 Å². The molecule has 0 radical (unpaired) electrons. The molecule has 0 bridgehead atoms. The number of carboxylic acid groups (broad SMARTS) is 2. The summed E-state index contributed by atoms with van der Waals surface area (Å²) < 4.78 is 0. The molecular formula is C9H11ClO4. The molecule has 1 rings (SSSR count). The molecule has 0 aromatic heterocycles. The van der Waals surface area contributed by atoms with Gasteiger partial charge in [0, 0.05) is 0 Å². The van der Waals surface area contributed by atoms with Crippen LogP contribution in [0.3, 0.4) is 0 Å². The van der Waals surface area contributed by atoms with E-state index in [1.54, 1.807) is 0 Å². The Labute approximate surface area is 86.2 Å². The molecule has 0 saturated carbocycles. The first-order chi connectivity index (χ1) is 6.30. The fourth-order valence-corrected chi connectivity index (χ4v) is 1.90. The molecule has 1 aliphatic carbocycles. The Balaban J connectivity index is 3.00. The maximum Gasteiger partial charge on any atom is 0.328 e. The van der Waals surface area contributed by atoms with Crippen LogP contribution >= 0.6 is 11.6 Å². The van der Waals surface area contributed by atoms with Crippen LogP contribution in [0.5, 0.6) is 0 Å². The van der Waals surface area contributed by atoms with Gasteiger partial charge in [0.25, 0.3) is 0 Å². The topological polar surface area (TPSA) is 74.6 Å². The molecule has 0 aromatic rings. The molecule has 0 saturated heterocycles. The number of hydrogen-bond donors (Lipinski definition) is 2. The van der Waals surface area contributed by atoms with Crippen LogP contribution in [0.4, 0.5) is 0 Å². The highest BCUT2D eigenvalue weighted by Crippen LogP contribution is 2.41. The average molecular weight is 219 g/mol. The van der Waals surface area contributed by atoms with E-state index in [2.05, 4.69) is 0 Å². The van der Waals surface area contributed by atoms with Crippen LogP contribution in [0.15, 0.2) is 12.2 Å². The van der Waals surface area contributed by atoms with E-state index in [4.69, 9.17) is 21.8 Å². The standard InChI is InChI=1S/C9H11ClO4/c1-8(6(11)12)3-2-4-9(10,5-8)7(13)14/h2,4H,3,5H2,1H3,(H,11,12)(H,13,14). The van der Waals surface area contributed by atoms with Gasteiger partial charge in [-0.25, -0.2) is 4.79 Å². The van der Waals surface area contributed by atoms with Crippen LogP contribution in [-0.4, -0.2) is 27.0 Å². The predicted molar refractivity (Wildman–Crippen MR) is 50.3 cm³/mol. The van der Waals surface area contributed by atoms with Crippen LogP contribution in [0.2, 0.25) is 0 Å². The van der Waals surface area contributed by atoms with E-state index in [1.807, 2.05) is 0 Å². The molecule has 5 heteroatoms. The highest BCUT2D eigenvalue weighted by Gasteiger charge is 2.47. The van der Waals surface area contributed by atoms with Crippen LogP contribution in [0, 0.1) is 5.41 Å². The molecule has 0 heterocycles. The van der Waals surface area contributed by atoms with Crippen LogP contribution < -0.4 is 0 Å². The molecule has 78 valence electrons. The molecular weight excluding hydrogens is 208 g/mol. The van der Waals surface area contributed by atoms with Gasteiger partial charge in [0.05, 0.1) is 5.41 Å². The lowest BCUT2D eigenvalue weighted by Crippen LogP contribution is -2.42. The van der Waals surface area contributed by atoms with Crippen LogP contribution in [-0.2, 0) is 9.59 Å². The van der Waals surface area contributed by atoms with E-state index in [9.17, 15) is 9.59 Å². The van der Waals surface area contributed by atoms with E-state index < -0.39 is 22.2 Å². The van der Waals surface area contributed by atoms with Gasteiger partial charge >= 0.3 is 11.9 Å². The summed E-state index contributed by atoms with van der Waals surface area (Å²) in [5.74, 6) is -2.23. The summed E-state index contributed by atoms with van der Waals surface area (Å²) in [4.78, 5) is 20.1. The molecule has 4 nitrogen and oxygen atoms in total. The van der Waals surface area contributed by atoms with Gasteiger partial charge in [-0.2, -0.15) is 0 Å². The Morgan fingerprint density at radius 3 is 2.36 bits per heavy atom. The number of aliphatic carboxylic acids is 2. The third-order valence-corrected chi connectivity index (χ3v) is 2.89.